The molecule has 1 aliphatic heterocycles. The van der Waals surface area contributed by atoms with Crippen LogP contribution < -0.4 is 0 Å². The van der Waals surface area contributed by atoms with Crippen LogP contribution in [0.3, 0.4) is 0 Å². The van der Waals surface area contributed by atoms with Gasteiger partial charge in [0.05, 0.1) is 0 Å². The molecule has 2 nitrogen and oxygen atoms in total. The molecule has 0 aromatic rings. The van der Waals surface area contributed by atoms with Crippen molar-refractivity contribution in [1.82, 2.24) is 9.47 Å². The van der Waals surface area contributed by atoms with E-state index in [4.69, 9.17) is 0 Å². The highest BCUT2D eigenvalue weighted by Crippen LogP contribution is 2.24. The number of likely N-dealkylation sites (N-methyl/N-ethyl adjacent to an activating group) is 1. The number of hydrogen-bond donors (Lipinski definition) is 0. The molecule has 0 N–H and O–H groups in total. The molecule has 1 fully saturated rings. The van der Waals surface area contributed by atoms with Crippen molar-refractivity contribution in [2.45, 2.75) is 25.6 Å². The van der Waals surface area contributed by atoms with Crippen molar-refractivity contribution in [3.63, 3.8) is 0 Å². The highest BCUT2D eigenvalue weighted by atomic mass is 28.3. The standard InChI is InChI=1S/C9H22N2Si/c1-10(2)7-8-11-6-5-9-12(11,3)4/h5-9H2,1-4H3. The van der Waals surface area contributed by atoms with Crippen LogP contribution in [0.15, 0.2) is 0 Å². The third-order valence-corrected chi connectivity index (χ3v) is 6.63. The Bertz CT molecular complexity index is 145. The summed E-state index contributed by atoms with van der Waals surface area (Å²) in [5, 5.41) is 0. The topological polar surface area (TPSA) is 6.48 Å². The smallest absolute Gasteiger partial charge is 0.122 e. The van der Waals surface area contributed by atoms with Crippen LogP contribution in [0.4, 0.5) is 0 Å². The molecule has 0 unspecified atom stereocenters. The van der Waals surface area contributed by atoms with Gasteiger partial charge in [0.1, 0.15) is 8.24 Å². The summed E-state index contributed by atoms with van der Waals surface area (Å²) in [6.07, 6.45) is 1.44. The van der Waals surface area contributed by atoms with Crippen LogP contribution in [-0.4, -0.2) is 51.4 Å². The van der Waals surface area contributed by atoms with Gasteiger partial charge in [-0.05, 0) is 33.1 Å². The molecule has 0 aromatic carbocycles. The average molecular weight is 186 g/mol. The van der Waals surface area contributed by atoms with E-state index >= 15 is 0 Å². The van der Waals surface area contributed by atoms with Crippen LogP contribution in [0.25, 0.3) is 0 Å². The van der Waals surface area contributed by atoms with E-state index in [0.717, 1.165) is 0 Å². The number of hydrogen-bond acceptors (Lipinski definition) is 2. The molecule has 1 aliphatic rings. The predicted octanol–water partition coefficient (Wildman–Crippen LogP) is 1.46. The van der Waals surface area contributed by atoms with Crippen molar-refractivity contribution in [2.75, 3.05) is 33.7 Å². The molecule has 0 amide bonds. The molecule has 0 spiro atoms. The van der Waals surface area contributed by atoms with Crippen molar-refractivity contribution in [1.29, 1.82) is 0 Å². The highest BCUT2D eigenvalue weighted by molar-refractivity contribution is 6.75. The summed E-state index contributed by atoms with van der Waals surface area (Å²) in [6.45, 7) is 8.85. The fourth-order valence-corrected chi connectivity index (χ4v) is 4.71. The van der Waals surface area contributed by atoms with Gasteiger partial charge >= 0.3 is 0 Å². The fraction of sp³-hybridized carbons (Fsp3) is 1.00. The van der Waals surface area contributed by atoms with E-state index in [0.29, 0.717) is 0 Å². The van der Waals surface area contributed by atoms with Gasteiger partial charge in [0.15, 0.2) is 0 Å². The van der Waals surface area contributed by atoms with Gasteiger partial charge in [0, 0.05) is 13.1 Å². The van der Waals surface area contributed by atoms with E-state index in [1.165, 1.54) is 32.1 Å². The Labute approximate surface area is 77.6 Å². The summed E-state index contributed by atoms with van der Waals surface area (Å²) in [4.78, 5) is 2.28. The predicted molar refractivity (Wildman–Crippen MR) is 57.0 cm³/mol. The molecule has 12 heavy (non-hydrogen) atoms. The van der Waals surface area contributed by atoms with Crippen molar-refractivity contribution in [3.05, 3.63) is 0 Å². The third-order valence-electron chi connectivity index (χ3n) is 2.89. The first-order valence-corrected chi connectivity index (χ1v) is 8.07. The summed E-state index contributed by atoms with van der Waals surface area (Å²) in [7, 11) is 3.39. The van der Waals surface area contributed by atoms with Gasteiger partial charge in [-0.2, -0.15) is 0 Å². The summed E-state index contributed by atoms with van der Waals surface area (Å²) >= 11 is 0. The van der Waals surface area contributed by atoms with Gasteiger partial charge in [-0.25, -0.2) is 0 Å². The monoisotopic (exact) mass is 186 g/mol. The number of rotatable bonds is 3. The minimum Gasteiger partial charge on any atom is -0.322 e. The van der Waals surface area contributed by atoms with Crippen LogP contribution in [0, 0.1) is 0 Å². The minimum absolute atomic E-state index is 0.930. The third kappa shape index (κ3) is 2.57. The molecule has 1 saturated heterocycles. The molecular formula is C9H22N2Si. The maximum Gasteiger partial charge on any atom is 0.122 e. The van der Waals surface area contributed by atoms with E-state index in [2.05, 4.69) is 36.7 Å². The normalized spacial score (nSPS) is 23.8. The lowest BCUT2D eigenvalue weighted by Crippen LogP contribution is -2.45. The maximum atomic E-state index is 2.74. The zero-order chi connectivity index (χ0) is 9.19. The Morgan fingerprint density at radius 3 is 2.42 bits per heavy atom. The van der Waals surface area contributed by atoms with Gasteiger partial charge in [0.2, 0.25) is 0 Å². The molecule has 0 bridgehead atoms. The zero-order valence-electron chi connectivity index (χ0n) is 8.93. The van der Waals surface area contributed by atoms with Crippen LogP contribution in [0.2, 0.25) is 19.1 Å². The van der Waals surface area contributed by atoms with E-state index in [1.807, 2.05) is 0 Å². The molecule has 1 rings (SSSR count). The average Bonchev–Trinajstić information content (AvgIpc) is 2.25. The first-order valence-electron chi connectivity index (χ1n) is 4.92. The quantitative estimate of drug-likeness (QED) is 0.616. The summed E-state index contributed by atoms with van der Waals surface area (Å²) in [5.74, 6) is 0. The van der Waals surface area contributed by atoms with Crippen molar-refractivity contribution in [3.8, 4) is 0 Å². The van der Waals surface area contributed by atoms with Crippen LogP contribution in [0.1, 0.15) is 6.42 Å². The van der Waals surface area contributed by atoms with Crippen LogP contribution in [0.5, 0.6) is 0 Å². The second-order valence-electron chi connectivity index (χ2n) is 4.71. The molecule has 1 heterocycles. The zero-order valence-corrected chi connectivity index (χ0v) is 9.93. The first kappa shape index (κ1) is 10.2. The van der Waals surface area contributed by atoms with E-state index < -0.39 is 8.24 Å². The lowest BCUT2D eigenvalue weighted by molar-refractivity contribution is 0.344. The molecule has 0 aromatic heterocycles. The minimum atomic E-state index is -0.930. The Morgan fingerprint density at radius 2 is 2.00 bits per heavy atom. The molecular weight excluding hydrogens is 164 g/mol. The van der Waals surface area contributed by atoms with E-state index in [1.54, 1.807) is 0 Å². The molecule has 0 atom stereocenters. The van der Waals surface area contributed by atoms with Crippen molar-refractivity contribution < 1.29 is 0 Å². The largest absolute Gasteiger partial charge is 0.322 e. The lowest BCUT2D eigenvalue weighted by Gasteiger charge is -2.30. The van der Waals surface area contributed by atoms with Gasteiger partial charge in [0.25, 0.3) is 0 Å². The maximum absolute atomic E-state index is 2.74. The van der Waals surface area contributed by atoms with Gasteiger partial charge in [-0.1, -0.05) is 13.1 Å². The molecule has 0 aliphatic carbocycles. The summed E-state index contributed by atoms with van der Waals surface area (Å²) in [5.41, 5.74) is 0. The lowest BCUT2D eigenvalue weighted by atomic mass is 10.4. The second kappa shape index (κ2) is 3.90. The fourth-order valence-electron chi connectivity index (χ4n) is 1.90. The van der Waals surface area contributed by atoms with Crippen molar-refractivity contribution >= 4 is 8.24 Å². The molecule has 0 saturated carbocycles. The van der Waals surface area contributed by atoms with Gasteiger partial charge in [-0.15, -0.1) is 0 Å². The van der Waals surface area contributed by atoms with Gasteiger partial charge in [-0.3, -0.25) is 0 Å². The SMILES string of the molecule is CN(C)CCN1CCC[Si]1(C)C. The Morgan fingerprint density at radius 1 is 1.33 bits per heavy atom. The molecule has 0 radical (unpaired) electrons. The Balaban J connectivity index is 2.32. The van der Waals surface area contributed by atoms with E-state index in [9.17, 15) is 0 Å². The molecule has 3 heteroatoms. The highest BCUT2D eigenvalue weighted by Gasteiger charge is 2.33. The number of nitrogens with zero attached hydrogens (tertiary/aromatic N) is 2. The second-order valence-corrected chi connectivity index (χ2v) is 9.46. The van der Waals surface area contributed by atoms with Crippen molar-refractivity contribution in [2.24, 2.45) is 0 Å². The molecule has 72 valence electrons. The Kier molecular flexibility index (Phi) is 3.32. The van der Waals surface area contributed by atoms with Crippen LogP contribution >= 0.6 is 0 Å². The first-order chi connectivity index (χ1) is 5.52. The Hall–Kier alpha value is 0.137. The summed E-state index contributed by atoms with van der Waals surface area (Å²) < 4.78 is 2.74. The van der Waals surface area contributed by atoms with E-state index in [-0.39, 0.29) is 0 Å². The van der Waals surface area contributed by atoms with Gasteiger partial charge < -0.3 is 9.47 Å². The summed E-state index contributed by atoms with van der Waals surface area (Å²) in [6, 6.07) is 1.50. The van der Waals surface area contributed by atoms with Crippen LogP contribution in [-0.2, 0) is 0 Å².